The summed E-state index contributed by atoms with van der Waals surface area (Å²) >= 11 is 1.56. The molecule has 1 aliphatic heterocycles. The van der Waals surface area contributed by atoms with Crippen molar-refractivity contribution in [2.75, 3.05) is 13.1 Å². The van der Waals surface area contributed by atoms with Crippen LogP contribution in [0.25, 0.3) is 10.2 Å². The molecule has 0 saturated carbocycles. The highest BCUT2D eigenvalue weighted by atomic mass is 32.1. The predicted octanol–water partition coefficient (Wildman–Crippen LogP) is 1.78. The maximum absolute atomic E-state index is 12.1. The van der Waals surface area contributed by atoms with Crippen molar-refractivity contribution in [1.82, 2.24) is 15.6 Å². The summed E-state index contributed by atoms with van der Waals surface area (Å²) < 4.78 is 1.06. The van der Waals surface area contributed by atoms with E-state index in [1.165, 1.54) is 0 Å². The zero-order valence-electron chi connectivity index (χ0n) is 9.98. The summed E-state index contributed by atoms with van der Waals surface area (Å²) in [6, 6.07) is 5.91. The normalized spacial score (nSPS) is 19.9. The van der Waals surface area contributed by atoms with Crippen molar-refractivity contribution in [2.45, 2.75) is 18.9 Å². The predicted molar refractivity (Wildman–Crippen MR) is 73.0 cm³/mol. The number of aromatic nitrogens is 1. The van der Waals surface area contributed by atoms with Crippen LogP contribution >= 0.6 is 11.3 Å². The molecule has 1 saturated heterocycles. The van der Waals surface area contributed by atoms with E-state index in [0.29, 0.717) is 0 Å². The Kier molecular flexibility index (Phi) is 3.25. The van der Waals surface area contributed by atoms with Gasteiger partial charge in [-0.25, -0.2) is 4.98 Å². The Morgan fingerprint density at radius 1 is 1.50 bits per heavy atom. The number of nitrogens with one attached hydrogen (secondary N) is 2. The summed E-state index contributed by atoms with van der Waals surface area (Å²) in [5.74, 6) is 0.0130. The van der Waals surface area contributed by atoms with Crippen molar-refractivity contribution >= 4 is 27.5 Å². The topological polar surface area (TPSA) is 54.0 Å². The number of carbonyl (C=O) groups is 1. The molecule has 94 valence electrons. The number of nitrogens with zero attached hydrogens (tertiary/aromatic N) is 1. The van der Waals surface area contributed by atoms with Crippen LogP contribution in [0.2, 0.25) is 0 Å². The van der Waals surface area contributed by atoms with Crippen molar-refractivity contribution in [3.63, 3.8) is 0 Å². The lowest BCUT2D eigenvalue weighted by atomic mass is 10.1. The zero-order chi connectivity index (χ0) is 12.4. The van der Waals surface area contributed by atoms with Crippen molar-refractivity contribution in [3.8, 4) is 0 Å². The van der Waals surface area contributed by atoms with Crippen LogP contribution in [-0.4, -0.2) is 30.0 Å². The number of carbonyl (C=O) groups excluding carboxylic acids is 1. The van der Waals surface area contributed by atoms with E-state index in [1.807, 2.05) is 18.2 Å². The minimum absolute atomic E-state index is 0.0130. The van der Waals surface area contributed by atoms with E-state index in [4.69, 9.17) is 0 Å². The van der Waals surface area contributed by atoms with Crippen LogP contribution in [-0.2, 0) is 0 Å². The first kappa shape index (κ1) is 11.6. The molecule has 1 fully saturated rings. The number of thiazole rings is 1. The van der Waals surface area contributed by atoms with E-state index in [9.17, 15) is 4.79 Å². The number of rotatable bonds is 2. The summed E-state index contributed by atoms with van der Waals surface area (Å²) in [5.41, 5.74) is 3.48. The standard InChI is InChI=1S/C13H15N3OS/c17-13(16-10-2-1-5-14-7-10)9-3-4-11-12(6-9)18-8-15-11/h3-4,6,8,10,14H,1-2,5,7H2,(H,16,17)/t10-/m0/s1. The molecular weight excluding hydrogens is 246 g/mol. The molecule has 1 aliphatic rings. The Hall–Kier alpha value is -1.46. The highest BCUT2D eigenvalue weighted by Gasteiger charge is 2.16. The monoisotopic (exact) mass is 261 g/mol. The first-order valence-corrected chi connectivity index (χ1v) is 7.06. The third kappa shape index (κ3) is 2.37. The second-order valence-electron chi connectivity index (χ2n) is 4.55. The van der Waals surface area contributed by atoms with Gasteiger partial charge in [-0.1, -0.05) is 0 Å². The second kappa shape index (κ2) is 5.04. The Morgan fingerprint density at radius 3 is 3.28 bits per heavy atom. The molecule has 5 heteroatoms. The van der Waals surface area contributed by atoms with Gasteiger partial charge in [0, 0.05) is 18.2 Å². The Balaban J connectivity index is 1.74. The average molecular weight is 261 g/mol. The largest absolute Gasteiger partial charge is 0.348 e. The van der Waals surface area contributed by atoms with Gasteiger partial charge in [0.05, 0.1) is 15.7 Å². The van der Waals surface area contributed by atoms with E-state index in [2.05, 4.69) is 15.6 Å². The number of hydrogen-bond donors (Lipinski definition) is 2. The summed E-state index contributed by atoms with van der Waals surface area (Å²) in [5, 5.41) is 6.37. The van der Waals surface area contributed by atoms with E-state index in [0.717, 1.165) is 41.7 Å². The van der Waals surface area contributed by atoms with Crippen LogP contribution in [0.4, 0.5) is 0 Å². The lowest BCUT2D eigenvalue weighted by Crippen LogP contribution is -2.45. The molecule has 0 aliphatic carbocycles. The highest BCUT2D eigenvalue weighted by molar-refractivity contribution is 7.16. The molecule has 4 nitrogen and oxygen atoms in total. The smallest absolute Gasteiger partial charge is 0.251 e. The van der Waals surface area contributed by atoms with E-state index >= 15 is 0 Å². The molecule has 1 atom stereocenters. The van der Waals surface area contributed by atoms with E-state index in [1.54, 1.807) is 16.8 Å². The molecule has 0 spiro atoms. The van der Waals surface area contributed by atoms with E-state index in [-0.39, 0.29) is 11.9 Å². The molecule has 1 aromatic carbocycles. The molecule has 18 heavy (non-hydrogen) atoms. The van der Waals surface area contributed by atoms with Gasteiger partial charge >= 0.3 is 0 Å². The van der Waals surface area contributed by atoms with Crippen molar-refractivity contribution in [2.24, 2.45) is 0 Å². The van der Waals surface area contributed by atoms with Gasteiger partial charge in [0.15, 0.2) is 0 Å². The fraction of sp³-hybridized carbons (Fsp3) is 0.385. The van der Waals surface area contributed by atoms with Gasteiger partial charge in [0.25, 0.3) is 5.91 Å². The third-order valence-corrected chi connectivity index (χ3v) is 4.02. The number of benzene rings is 1. The van der Waals surface area contributed by atoms with Crippen LogP contribution in [0.15, 0.2) is 23.7 Å². The molecule has 0 unspecified atom stereocenters. The fourth-order valence-corrected chi connectivity index (χ4v) is 2.96. The Labute approximate surface area is 109 Å². The van der Waals surface area contributed by atoms with Crippen LogP contribution < -0.4 is 10.6 Å². The first-order valence-electron chi connectivity index (χ1n) is 6.18. The van der Waals surface area contributed by atoms with Gasteiger partial charge in [0.2, 0.25) is 0 Å². The number of piperidine rings is 1. The quantitative estimate of drug-likeness (QED) is 0.866. The highest BCUT2D eigenvalue weighted by Crippen LogP contribution is 2.19. The van der Waals surface area contributed by atoms with Gasteiger partial charge < -0.3 is 10.6 Å². The Bertz CT molecular complexity index is 560. The molecule has 2 aromatic rings. The summed E-state index contributed by atoms with van der Waals surface area (Å²) in [4.78, 5) is 16.3. The summed E-state index contributed by atoms with van der Waals surface area (Å²) in [7, 11) is 0. The molecule has 2 heterocycles. The maximum atomic E-state index is 12.1. The average Bonchev–Trinajstić information content (AvgIpc) is 2.87. The molecule has 0 radical (unpaired) electrons. The fourth-order valence-electron chi connectivity index (χ4n) is 2.24. The van der Waals surface area contributed by atoms with Crippen LogP contribution in [0.3, 0.4) is 0 Å². The number of fused-ring (bicyclic) bond motifs is 1. The zero-order valence-corrected chi connectivity index (χ0v) is 10.8. The number of hydrogen-bond acceptors (Lipinski definition) is 4. The van der Waals surface area contributed by atoms with Gasteiger partial charge in [-0.15, -0.1) is 11.3 Å². The van der Waals surface area contributed by atoms with Gasteiger partial charge in [0.1, 0.15) is 0 Å². The summed E-state index contributed by atoms with van der Waals surface area (Å²) in [6.45, 7) is 1.92. The van der Waals surface area contributed by atoms with E-state index < -0.39 is 0 Å². The Morgan fingerprint density at radius 2 is 2.44 bits per heavy atom. The third-order valence-electron chi connectivity index (χ3n) is 3.23. The van der Waals surface area contributed by atoms with Gasteiger partial charge in [-0.3, -0.25) is 4.79 Å². The SMILES string of the molecule is O=C(N[C@H]1CCCNC1)c1ccc2ncsc2c1. The second-order valence-corrected chi connectivity index (χ2v) is 5.44. The minimum Gasteiger partial charge on any atom is -0.348 e. The minimum atomic E-state index is 0.0130. The molecule has 3 rings (SSSR count). The number of amides is 1. The maximum Gasteiger partial charge on any atom is 0.251 e. The molecule has 2 N–H and O–H groups in total. The van der Waals surface area contributed by atoms with Crippen LogP contribution in [0, 0.1) is 0 Å². The molecule has 1 amide bonds. The van der Waals surface area contributed by atoms with Crippen molar-refractivity contribution < 1.29 is 4.79 Å². The van der Waals surface area contributed by atoms with Gasteiger partial charge in [-0.2, -0.15) is 0 Å². The lowest BCUT2D eigenvalue weighted by Gasteiger charge is -2.23. The van der Waals surface area contributed by atoms with Crippen LogP contribution in [0.5, 0.6) is 0 Å². The van der Waals surface area contributed by atoms with Crippen molar-refractivity contribution in [3.05, 3.63) is 29.3 Å². The summed E-state index contributed by atoms with van der Waals surface area (Å²) in [6.07, 6.45) is 2.18. The van der Waals surface area contributed by atoms with Crippen LogP contribution in [0.1, 0.15) is 23.2 Å². The van der Waals surface area contributed by atoms with Gasteiger partial charge in [-0.05, 0) is 37.6 Å². The molecule has 1 aromatic heterocycles. The first-order chi connectivity index (χ1) is 8.83. The van der Waals surface area contributed by atoms with Crippen molar-refractivity contribution in [1.29, 1.82) is 0 Å². The lowest BCUT2D eigenvalue weighted by molar-refractivity contribution is 0.0931. The molecule has 0 bridgehead atoms. The molecular formula is C13H15N3OS.